The van der Waals surface area contributed by atoms with Crippen molar-refractivity contribution in [3.63, 3.8) is 0 Å². The predicted octanol–water partition coefficient (Wildman–Crippen LogP) is 4.07. The van der Waals surface area contributed by atoms with Gasteiger partial charge in [-0.1, -0.05) is 51.7 Å². The summed E-state index contributed by atoms with van der Waals surface area (Å²) < 4.78 is 0. The molecule has 1 aliphatic carbocycles. The first-order chi connectivity index (χ1) is 14.8. The molecule has 7 nitrogen and oxygen atoms in total. The van der Waals surface area contributed by atoms with Crippen LogP contribution in [-0.4, -0.2) is 44.4 Å². The number of aryl methyl sites for hydroxylation is 2. The molecular weight excluding hydrogens is 398 g/mol. The van der Waals surface area contributed by atoms with E-state index in [1.54, 1.807) is 0 Å². The number of amides is 2. The number of carboxylic acid groups (broad SMARTS) is 2. The van der Waals surface area contributed by atoms with Crippen molar-refractivity contribution in [3.05, 3.63) is 34.4 Å². The van der Waals surface area contributed by atoms with E-state index in [9.17, 15) is 29.4 Å². The Kier molecular flexibility index (Phi) is 6.82. The maximum atomic E-state index is 13.6. The summed E-state index contributed by atoms with van der Waals surface area (Å²) in [7, 11) is 0. The lowest BCUT2D eigenvalue weighted by atomic mass is 9.71. The molecule has 2 amide bonds. The highest BCUT2D eigenvalue weighted by Crippen LogP contribution is 2.44. The molecular formula is C24H31NO6. The Labute approximate surface area is 182 Å². The number of benzene rings is 1. The Bertz CT molecular complexity index is 861. The van der Waals surface area contributed by atoms with Gasteiger partial charge in [0.05, 0.1) is 17.0 Å². The van der Waals surface area contributed by atoms with E-state index >= 15 is 0 Å². The summed E-state index contributed by atoms with van der Waals surface area (Å²) in [6.07, 6.45) is 5.82. The third-order valence-corrected chi connectivity index (χ3v) is 6.76. The number of carboxylic acids is 2. The topological polar surface area (TPSA) is 112 Å². The molecule has 1 fully saturated rings. The molecule has 31 heavy (non-hydrogen) atoms. The zero-order valence-electron chi connectivity index (χ0n) is 18.3. The number of imide groups is 1. The van der Waals surface area contributed by atoms with Gasteiger partial charge >= 0.3 is 11.9 Å². The summed E-state index contributed by atoms with van der Waals surface area (Å²) in [5.41, 5.74) is -0.0199. The van der Waals surface area contributed by atoms with E-state index in [0.717, 1.165) is 41.7 Å². The minimum atomic E-state index is -2.05. The highest BCUT2D eigenvalue weighted by molar-refractivity contribution is 6.25. The first-order valence-electron chi connectivity index (χ1n) is 11.3. The van der Waals surface area contributed by atoms with Gasteiger partial charge in [0.25, 0.3) is 11.8 Å². The normalized spacial score (nSPS) is 23.2. The minimum absolute atomic E-state index is 0.0423. The summed E-state index contributed by atoms with van der Waals surface area (Å²) in [5, 5.41) is 20.0. The van der Waals surface area contributed by atoms with Gasteiger partial charge in [-0.25, -0.2) is 4.79 Å². The van der Waals surface area contributed by atoms with Crippen LogP contribution in [0.15, 0.2) is 12.1 Å². The monoisotopic (exact) mass is 429 g/mol. The van der Waals surface area contributed by atoms with Gasteiger partial charge in [-0.05, 0) is 49.7 Å². The average Bonchev–Trinajstić information content (AvgIpc) is 3.02. The van der Waals surface area contributed by atoms with E-state index in [2.05, 4.69) is 0 Å². The number of carbonyl (C=O) groups excluding carboxylic acids is 2. The lowest BCUT2D eigenvalue weighted by molar-refractivity contribution is -0.164. The SMILES string of the molecule is CCCCc1ccc(CCCC)c2c1C(=O)N(C1(C(=O)O)CCCCC1C(=O)O)C2=O. The summed E-state index contributed by atoms with van der Waals surface area (Å²) >= 11 is 0. The molecule has 1 heterocycles. The summed E-state index contributed by atoms with van der Waals surface area (Å²) in [6.45, 7) is 4.07. The standard InChI is InChI=1S/C24H31NO6/c1-3-5-9-15-12-13-16(10-6-4-2)19-18(15)20(26)25(21(19)27)24(23(30)31)14-8-7-11-17(24)22(28)29/h12-13,17H,3-11,14H2,1-2H3,(H,28,29)(H,30,31). The molecule has 2 N–H and O–H groups in total. The van der Waals surface area contributed by atoms with Crippen molar-refractivity contribution in [1.29, 1.82) is 0 Å². The Morgan fingerprint density at radius 2 is 1.48 bits per heavy atom. The second-order valence-electron chi connectivity index (χ2n) is 8.65. The number of carbonyl (C=O) groups is 4. The molecule has 1 aliphatic heterocycles. The molecule has 1 aromatic rings. The molecule has 1 saturated carbocycles. The fourth-order valence-electron chi connectivity index (χ4n) is 5.11. The molecule has 2 unspecified atom stereocenters. The zero-order valence-corrected chi connectivity index (χ0v) is 18.3. The molecule has 0 radical (unpaired) electrons. The van der Waals surface area contributed by atoms with Crippen molar-refractivity contribution in [2.24, 2.45) is 5.92 Å². The average molecular weight is 430 g/mol. The summed E-state index contributed by atoms with van der Waals surface area (Å²) in [5.74, 6) is -5.32. The lowest BCUT2D eigenvalue weighted by Crippen LogP contribution is -2.64. The number of unbranched alkanes of at least 4 members (excludes halogenated alkanes) is 2. The van der Waals surface area contributed by atoms with Crippen molar-refractivity contribution in [1.82, 2.24) is 4.90 Å². The van der Waals surface area contributed by atoms with Crippen LogP contribution in [0.5, 0.6) is 0 Å². The van der Waals surface area contributed by atoms with Crippen LogP contribution in [0, 0.1) is 5.92 Å². The van der Waals surface area contributed by atoms with Gasteiger partial charge in [0.1, 0.15) is 0 Å². The largest absolute Gasteiger partial charge is 0.481 e. The smallest absolute Gasteiger partial charge is 0.331 e. The number of nitrogens with zero attached hydrogens (tertiary/aromatic N) is 1. The first kappa shape index (κ1) is 23.0. The fraction of sp³-hybridized carbons (Fsp3) is 0.583. The van der Waals surface area contributed by atoms with E-state index in [0.29, 0.717) is 25.7 Å². The van der Waals surface area contributed by atoms with Gasteiger partial charge in [0, 0.05) is 0 Å². The minimum Gasteiger partial charge on any atom is -0.481 e. The van der Waals surface area contributed by atoms with Crippen molar-refractivity contribution in [3.8, 4) is 0 Å². The molecule has 0 aromatic heterocycles. The van der Waals surface area contributed by atoms with Crippen LogP contribution >= 0.6 is 0 Å². The zero-order chi connectivity index (χ0) is 22.8. The third-order valence-electron chi connectivity index (χ3n) is 6.76. The van der Waals surface area contributed by atoms with E-state index in [1.807, 2.05) is 26.0 Å². The Hall–Kier alpha value is -2.70. The maximum Gasteiger partial charge on any atom is 0.331 e. The van der Waals surface area contributed by atoms with Crippen molar-refractivity contribution in [2.75, 3.05) is 0 Å². The number of hydrogen-bond acceptors (Lipinski definition) is 4. The summed E-state index contributed by atoms with van der Waals surface area (Å²) in [4.78, 5) is 52.6. The van der Waals surface area contributed by atoms with Crippen molar-refractivity contribution < 1.29 is 29.4 Å². The van der Waals surface area contributed by atoms with Crippen LogP contribution in [0.4, 0.5) is 0 Å². The van der Waals surface area contributed by atoms with Gasteiger partial charge < -0.3 is 10.2 Å². The molecule has 2 atom stereocenters. The highest BCUT2D eigenvalue weighted by atomic mass is 16.4. The van der Waals surface area contributed by atoms with Crippen LogP contribution in [0.3, 0.4) is 0 Å². The van der Waals surface area contributed by atoms with Crippen LogP contribution in [-0.2, 0) is 22.4 Å². The predicted molar refractivity (Wildman–Crippen MR) is 114 cm³/mol. The quantitative estimate of drug-likeness (QED) is 0.573. The molecule has 0 bridgehead atoms. The second-order valence-corrected chi connectivity index (χ2v) is 8.65. The molecule has 168 valence electrons. The Morgan fingerprint density at radius 1 is 0.968 bits per heavy atom. The van der Waals surface area contributed by atoms with E-state index < -0.39 is 35.2 Å². The third kappa shape index (κ3) is 3.75. The second kappa shape index (κ2) is 9.20. The summed E-state index contributed by atoms with van der Waals surface area (Å²) in [6, 6.07) is 3.74. The van der Waals surface area contributed by atoms with Gasteiger partial charge in [-0.2, -0.15) is 0 Å². The van der Waals surface area contributed by atoms with Gasteiger partial charge in [-0.3, -0.25) is 19.3 Å². The first-order valence-corrected chi connectivity index (χ1v) is 11.3. The van der Waals surface area contributed by atoms with Crippen LogP contribution < -0.4 is 0 Å². The number of hydrogen-bond donors (Lipinski definition) is 2. The molecule has 0 spiro atoms. The lowest BCUT2D eigenvalue weighted by Gasteiger charge is -2.43. The number of rotatable bonds is 9. The number of aliphatic carboxylic acids is 2. The maximum absolute atomic E-state index is 13.6. The molecule has 3 rings (SSSR count). The number of fused-ring (bicyclic) bond motifs is 1. The Morgan fingerprint density at radius 3 is 1.90 bits per heavy atom. The van der Waals surface area contributed by atoms with Crippen LogP contribution in [0.1, 0.15) is 97.1 Å². The van der Waals surface area contributed by atoms with Crippen molar-refractivity contribution >= 4 is 23.8 Å². The van der Waals surface area contributed by atoms with Crippen molar-refractivity contribution in [2.45, 2.75) is 83.6 Å². The molecule has 2 aliphatic rings. The Balaban J connectivity index is 2.18. The highest BCUT2D eigenvalue weighted by Gasteiger charge is 2.61. The van der Waals surface area contributed by atoms with E-state index in [-0.39, 0.29) is 24.0 Å². The molecule has 0 saturated heterocycles. The fourth-order valence-corrected chi connectivity index (χ4v) is 5.11. The van der Waals surface area contributed by atoms with Crippen LogP contribution in [0.2, 0.25) is 0 Å². The molecule has 1 aromatic carbocycles. The van der Waals surface area contributed by atoms with Crippen LogP contribution in [0.25, 0.3) is 0 Å². The molecule has 7 heteroatoms. The van der Waals surface area contributed by atoms with E-state index in [1.165, 1.54) is 0 Å². The van der Waals surface area contributed by atoms with Gasteiger partial charge in [-0.15, -0.1) is 0 Å². The van der Waals surface area contributed by atoms with Gasteiger partial charge in [0.15, 0.2) is 5.54 Å². The van der Waals surface area contributed by atoms with Gasteiger partial charge in [0.2, 0.25) is 0 Å². The van der Waals surface area contributed by atoms with E-state index in [4.69, 9.17) is 0 Å².